The van der Waals surface area contributed by atoms with Gasteiger partial charge in [0, 0.05) is 10.9 Å². The minimum Gasteiger partial charge on any atom is -0.322 e. The Morgan fingerprint density at radius 3 is 2.75 bits per heavy atom. The Bertz CT molecular complexity index is 967. The molecule has 1 aliphatic rings. The van der Waals surface area contributed by atoms with E-state index in [0.29, 0.717) is 10.9 Å². The predicted molar refractivity (Wildman–Crippen MR) is 113 cm³/mol. The van der Waals surface area contributed by atoms with Gasteiger partial charge in [-0.3, -0.25) is 9.69 Å². The molecule has 2 aromatic carbocycles. The minimum absolute atomic E-state index is 0.158. The molecule has 4 rings (SSSR count). The molecule has 7 heteroatoms. The van der Waals surface area contributed by atoms with Gasteiger partial charge in [-0.15, -0.1) is 11.3 Å². The number of aromatic nitrogens is 1. The van der Waals surface area contributed by atoms with Crippen molar-refractivity contribution in [2.75, 3.05) is 18.4 Å². The number of carbonyl (C=O) groups excluding carboxylic acids is 1. The summed E-state index contributed by atoms with van der Waals surface area (Å²) in [6.07, 6.45) is 1.93. The lowest BCUT2D eigenvalue weighted by Crippen LogP contribution is -2.45. The quantitative estimate of drug-likeness (QED) is 0.626. The number of hydrogen-bond donors (Lipinski definition) is 1. The molecule has 1 aliphatic heterocycles. The lowest BCUT2D eigenvalue weighted by Gasteiger charge is -2.34. The summed E-state index contributed by atoms with van der Waals surface area (Å²) in [5, 5.41) is 4.16. The molecule has 146 valence electrons. The first-order chi connectivity index (χ1) is 13.5. The van der Waals surface area contributed by atoms with E-state index in [1.54, 1.807) is 17.4 Å². The zero-order chi connectivity index (χ0) is 19.7. The maximum absolute atomic E-state index is 13.9. The summed E-state index contributed by atoms with van der Waals surface area (Å²) in [6.45, 7) is 3.50. The molecule has 1 saturated heterocycles. The van der Waals surface area contributed by atoms with Gasteiger partial charge in [0.2, 0.25) is 5.91 Å². The van der Waals surface area contributed by atoms with Crippen molar-refractivity contribution in [3.8, 4) is 0 Å². The number of para-hydroxylation sites is 1. The van der Waals surface area contributed by atoms with Gasteiger partial charge in [0.1, 0.15) is 5.82 Å². The molecule has 1 aromatic heterocycles. The second kappa shape index (κ2) is 8.15. The molecule has 0 bridgehead atoms. The van der Waals surface area contributed by atoms with Crippen LogP contribution < -0.4 is 5.32 Å². The van der Waals surface area contributed by atoms with Crippen LogP contribution >= 0.6 is 22.9 Å². The summed E-state index contributed by atoms with van der Waals surface area (Å²) in [5.41, 5.74) is 1.22. The van der Waals surface area contributed by atoms with E-state index >= 15 is 0 Å². The summed E-state index contributed by atoms with van der Waals surface area (Å²) in [4.78, 5) is 19.5. The van der Waals surface area contributed by atoms with E-state index in [4.69, 9.17) is 16.6 Å². The van der Waals surface area contributed by atoms with Crippen molar-refractivity contribution < 1.29 is 9.18 Å². The average Bonchev–Trinajstić information content (AvgIpc) is 3.14. The number of benzene rings is 2. The number of hydrogen-bond acceptors (Lipinski definition) is 4. The summed E-state index contributed by atoms with van der Waals surface area (Å²) in [7, 11) is 0. The number of anilines is 1. The summed E-state index contributed by atoms with van der Waals surface area (Å²) in [6, 6.07) is 12.1. The first kappa shape index (κ1) is 19.3. The third-order valence-corrected chi connectivity index (χ3v) is 6.74. The fourth-order valence-electron chi connectivity index (χ4n) is 3.59. The number of nitrogens with one attached hydrogen (secondary N) is 1. The molecule has 2 heterocycles. The van der Waals surface area contributed by atoms with Crippen molar-refractivity contribution in [1.29, 1.82) is 0 Å². The van der Waals surface area contributed by atoms with Crippen LogP contribution in [0.1, 0.15) is 30.7 Å². The van der Waals surface area contributed by atoms with Gasteiger partial charge in [-0.2, -0.15) is 0 Å². The van der Waals surface area contributed by atoms with Gasteiger partial charge in [0.25, 0.3) is 0 Å². The normalized spacial score (nSPS) is 17.0. The highest BCUT2D eigenvalue weighted by Gasteiger charge is 2.29. The maximum atomic E-state index is 13.9. The van der Waals surface area contributed by atoms with Crippen molar-refractivity contribution in [1.82, 2.24) is 9.88 Å². The number of halogens is 2. The molecule has 1 atom stereocenters. The Hall–Kier alpha value is -2.02. The summed E-state index contributed by atoms with van der Waals surface area (Å²) >= 11 is 7.53. The van der Waals surface area contributed by atoms with Crippen molar-refractivity contribution in [3.05, 3.63) is 58.3 Å². The molecular formula is C21H21ClFN3OS. The molecule has 0 spiro atoms. The topological polar surface area (TPSA) is 45.2 Å². The molecule has 4 nitrogen and oxygen atoms in total. The van der Waals surface area contributed by atoms with E-state index in [-0.39, 0.29) is 17.6 Å². The van der Waals surface area contributed by atoms with E-state index in [9.17, 15) is 9.18 Å². The number of fused-ring (bicyclic) bond motifs is 1. The van der Waals surface area contributed by atoms with Crippen LogP contribution in [0, 0.1) is 5.82 Å². The Morgan fingerprint density at radius 2 is 2.04 bits per heavy atom. The van der Waals surface area contributed by atoms with Crippen LogP contribution in [0.4, 0.5) is 10.1 Å². The van der Waals surface area contributed by atoms with E-state index in [1.807, 2.05) is 25.1 Å². The van der Waals surface area contributed by atoms with Crippen LogP contribution in [0.25, 0.3) is 10.2 Å². The summed E-state index contributed by atoms with van der Waals surface area (Å²) < 4.78 is 15.1. The standard InChI is InChI=1S/C21H21ClFN3OS/c1-13(20(27)24-17-7-6-15(22)12-16(17)23)26-10-8-14(9-11-26)21-25-18-4-2-3-5-19(18)28-21/h2-7,12-14H,8-11H2,1H3,(H,24,27). The van der Waals surface area contributed by atoms with Crippen LogP contribution in [-0.4, -0.2) is 34.9 Å². The molecule has 1 unspecified atom stereocenters. The van der Waals surface area contributed by atoms with Crippen molar-refractivity contribution in [3.63, 3.8) is 0 Å². The predicted octanol–water partition coefficient (Wildman–Crippen LogP) is 5.30. The van der Waals surface area contributed by atoms with Crippen molar-refractivity contribution >= 4 is 44.7 Å². The second-order valence-corrected chi connectivity index (χ2v) is 8.62. The third-order valence-electron chi connectivity index (χ3n) is 5.31. The van der Waals surface area contributed by atoms with Crippen LogP contribution in [0.5, 0.6) is 0 Å². The fraction of sp³-hybridized carbons (Fsp3) is 0.333. The average molecular weight is 418 g/mol. The largest absolute Gasteiger partial charge is 0.322 e. The highest BCUT2D eigenvalue weighted by molar-refractivity contribution is 7.18. The van der Waals surface area contributed by atoms with E-state index in [2.05, 4.69) is 16.3 Å². The van der Waals surface area contributed by atoms with Crippen LogP contribution in [0.15, 0.2) is 42.5 Å². The lowest BCUT2D eigenvalue weighted by molar-refractivity contribution is -0.121. The molecule has 0 saturated carbocycles. The first-order valence-corrected chi connectivity index (χ1v) is 10.6. The maximum Gasteiger partial charge on any atom is 0.241 e. The number of thiazole rings is 1. The molecule has 3 aromatic rings. The minimum atomic E-state index is -0.525. The van der Waals surface area contributed by atoms with Gasteiger partial charge < -0.3 is 5.32 Å². The van der Waals surface area contributed by atoms with Crippen molar-refractivity contribution in [2.45, 2.75) is 31.7 Å². The number of piperidine rings is 1. The fourth-order valence-corrected chi connectivity index (χ4v) is 4.89. The highest BCUT2D eigenvalue weighted by Crippen LogP contribution is 2.34. The molecular weight excluding hydrogens is 397 g/mol. The van der Waals surface area contributed by atoms with Crippen molar-refractivity contribution in [2.24, 2.45) is 0 Å². The smallest absolute Gasteiger partial charge is 0.241 e. The number of carbonyl (C=O) groups is 1. The molecule has 1 N–H and O–H groups in total. The zero-order valence-electron chi connectivity index (χ0n) is 15.5. The van der Waals surface area contributed by atoms with E-state index in [0.717, 1.165) is 31.4 Å². The third kappa shape index (κ3) is 4.04. The number of amides is 1. The Kier molecular flexibility index (Phi) is 5.62. The van der Waals surface area contributed by atoms with Crippen LogP contribution in [0.2, 0.25) is 5.02 Å². The number of rotatable bonds is 4. The van der Waals surface area contributed by atoms with Gasteiger partial charge in [0.15, 0.2) is 0 Å². The first-order valence-electron chi connectivity index (χ1n) is 9.36. The summed E-state index contributed by atoms with van der Waals surface area (Å²) in [5.74, 6) is -0.306. The molecule has 0 aliphatic carbocycles. The zero-order valence-corrected chi connectivity index (χ0v) is 17.1. The molecule has 1 fully saturated rings. The van der Waals surface area contributed by atoms with Gasteiger partial charge >= 0.3 is 0 Å². The van der Waals surface area contributed by atoms with Gasteiger partial charge in [-0.05, 0) is 63.2 Å². The monoisotopic (exact) mass is 417 g/mol. The second-order valence-electron chi connectivity index (χ2n) is 7.12. The highest BCUT2D eigenvalue weighted by atomic mass is 35.5. The number of likely N-dealkylation sites (tertiary alicyclic amines) is 1. The number of nitrogens with zero attached hydrogens (tertiary/aromatic N) is 2. The van der Waals surface area contributed by atoms with E-state index in [1.165, 1.54) is 21.8 Å². The molecule has 28 heavy (non-hydrogen) atoms. The SMILES string of the molecule is CC(C(=O)Nc1ccc(Cl)cc1F)N1CCC(c2nc3ccccc3s2)CC1. The van der Waals surface area contributed by atoms with E-state index < -0.39 is 5.82 Å². The van der Waals surface area contributed by atoms with Gasteiger partial charge in [-0.25, -0.2) is 9.37 Å². The Labute approximate surface area is 172 Å². The van der Waals surface area contributed by atoms with Gasteiger partial charge in [-0.1, -0.05) is 23.7 Å². The Morgan fingerprint density at radius 1 is 1.29 bits per heavy atom. The Balaban J connectivity index is 1.36. The van der Waals surface area contributed by atoms with Gasteiger partial charge in [0.05, 0.1) is 27.0 Å². The molecule has 0 radical (unpaired) electrons. The van der Waals surface area contributed by atoms with Crippen LogP contribution in [-0.2, 0) is 4.79 Å². The molecule has 1 amide bonds. The van der Waals surface area contributed by atoms with Crippen LogP contribution in [0.3, 0.4) is 0 Å². The lowest BCUT2D eigenvalue weighted by atomic mass is 9.96.